The average Bonchev–Trinajstić information content (AvgIpc) is 2.80. The van der Waals surface area contributed by atoms with Crippen LogP contribution < -0.4 is 5.32 Å². The van der Waals surface area contributed by atoms with E-state index in [2.05, 4.69) is 45.4 Å². The van der Waals surface area contributed by atoms with Crippen LogP contribution in [-0.2, 0) is 10.2 Å². The van der Waals surface area contributed by atoms with E-state index >= 15 is 0 Å². The summed E-state index contributed by atoms with van der Waals surface area (Å²) >= 11 is 1.60. The van der Waals surface area contributed by atoms with Crippen LogP contribution in [0.15, 0.2) is 30.3 Å². The monoisotopic (exact) mass is 331 g/mol. The van der Waals surface area contributed by atoms with Gasteiger partial charge in [0.05, 0.1) is 5.75 Å². The summed E-state index contributed by atoms with van der Waals surface area (Å²) in [6.07, 6.45) is 1.99. The molecule has 4 fully saturated rings. The Hall–Kier alpha value is -1.04. The Labute approximate surface area is 142 Å². The van der Waals surface area contributed by atoms with Gasteiger partial charge in [-0.1, -0.05) is 30.3 Å². The normalized spacial score (nSPS) is 38.3. The topological polar surface area (TPSA) is 35.6 Å². The number of hydrogen-bond acceptors (Lipinski definition) is 4. The third-order valence-electron chi connectivity index (χ3n) is 5.74. The zero-order valence-corrected chi connectivity index (χ0v) is 14.5. The van der Waals surface area contributed by atoms with Crippen molar-refractivity contribution in [2.24, 2.45) is 5.92 Å². The van der Waals surface area contributed by atoms with Gasteiger partial charge >= 0.3 is 0 Å². The van der Waals surface area contributed by atoms with Gasteiger partial charge in [0, 0.05) is 56.6 Å². The van der Waals surface area contributed by atoms with Crippen LogP contribution in [0.2, 0.25) is 0 Å². The average molecular weight is 331 g/mol. The van der Waals surface area contributed by atoms with E-state index in [0.29, 0.717) is 11.7 Å². The highest BCUT2D eigenvalue weighted by atomic mass is 32.2. The van der Waals surface area contributed by atoms with Crippen molar-refractivity contribution >= 4 is 17.7 Å². The SMILES string of the molecule is CSCC(=O)N[C@@H]1C2CN3CCN(C2)CC1(c1ccccc1)C3. The van der Waals surface area contributed by atoms with Gasteiger partial charge in [-0.15, -0.1) is 0 Å². The van der Waals surface area contributed by atoms with E-state index in [1.165, 1.54) is 5.56 Å². The van der Waals surface area contributed by atoms with Crippen molar-refractivity contribution in [2.75, 3.05) is 51.3 Å². The molecule has 5 rings (SSSR count). The van der Waals surface area contributed by atoms with Gasteiger partial charge in [0.15, 0.2) is 0 Å². The molecule has 1 N–H and O–H groups in total. The summed E-state index contributed by atoms with van der Waals surface area (Å²) in [6.45, 7) is 6.69. The summed E-state index contributed by atoms with van der Waals surface area (Å²) in [6, 6.07) is 11.1. The first-order chi connectivity index (χ1) is 11.2. The molecule has 4 bridgehead atoms. The molecule has 4 heterocycles. The van der Waals surface area contributed by atoms with Crippen LogP contribution in [0.5, 0.6) is 0 Å². The summed E-state index contributed by atoms with van der Waals surface area (Å²) in [5.41, 5.74) is 1.42. The van der Waals surface area contributed by atoms with Gasteiger partial charge < -0.3 is 15.1 Å². The van der Waals surface area contributed by atoms with Gasteiger partial charge in [0.25, 0.3) is 0 Å². The van der Waals surface area contributed by atoms with E-state index in [-0.39, 0.29) is 17.4 Å². The zero-order chi connectivity index (χ0) is 15.9. The van der Waals surface area contributed by atoms with Crippen LogP contribution >= 0.6 is 11.8 Å². The molecule has 1 aromatic rings. The third kappa shape index (κ3) is 2.69. The van der Waals surface area contributed by atoms with Gasteiger partial charge in [-0.3, -0.25) is 4.79 Å². The molecule has 4 aliphatic heterocycles. The number of carbonyl (C=O) groups is 1. The Kier molecular flexibility index (Phi) is 4.12. The molecule has 124 valence electrons. The zero-order valence-electron chi connectivity index (χ0n) is 13.7. The lowest BCUT2D eigenvalue weighted by Crippen LogP contribution is -2.70. The lowest BCUT2D eigenvalue weighted by Gasteiger charge is -2.55. The lowest BCUT2D eigenvalue weighted by molar-refractivity contribution is -0.121. The van der Waals surface area contributed by atoms with Crippen molar-refractivity contribution in [3.8, 4) is 0 Å². The highest BCUT2D eigenvalue weighted by molar-refractivity contribution is 7.99. The molecule has 1 aromatic carbocycles. The number of nitrogens with zero attached hydrogens (tertiary/aromatic N) is 2. The van der Waals surface area contributed by atoms with E-state index in [1.54, 1.807) is 11.8 Å². The fourth-order valence-corrected chi connectivity index (χ4v) is 5.26. The van der Waals surface area contributed by atoms with Crippen LogP contribution in [0, 0.1) is 5.92 Å². The van der Waals surface area contributed by atoms with E-state index in [4.69, 9.17) is 0 Å². The number of nitrogens with one attached hydrogen (secondary N) is 1. The van der Waals surface area contributed by atoms with Crippen LogP contribution in [0.25, 0.3) is 0 Å². The number of benzene rings is 1. The van der Waals surface area contributed by atoms with Gasteiger partial charge in [0.1, 0.15) is 0 Å². The molecule has 4 nitrogen and oxygen atoms in total. The van der Waals surface area contributed by atoms with E-state index < -0.39 is 0 Å². The number of thioether (sulfide) groups is 1. The Morgan fingerprint density at radius 3 is 2.48 bits per heavy atom. The molecular weight excluding hydrogens is 306 g/mol. The molecule has 0 radical (unpaired) electrons. The van der Waals surface area contributed by atoms with Gasteiger partial charge in [-0.2, -0.15) is 11.8 Å². The standard InChI is InChI=1S/C18H25N3OS/c1-23-11-16(22)19-17-14-9-20-7-8-21(10-14)13-18(17,12-20)15-5-3-2-4-6-15/h2-6,14,17H,7-13H2,1H3,(H,19,22)/t14?,17-,18?/m1/s1. The minimum Gasteiger partial charge on any atom is -0.351 e. The number of carbonyl (C=O) groups excluding carboxylic acids is 1. The summed E-state index contributed by atoms with van der Waals surface area (Å²) < 4.78 is 0. The van der Waals surface area contributed by atoms with Crippen LogP contribution in [0.1, 0.15) is 5.56 Å². The Balaban J connectivity index is 1.72. The first-order valence-electron chi connectivity index (χ1n) is 8.50. The van der Waals surface area contributed by atoms with Crippen molar-refractivity contribution in [3.63, 3.8) is 0 Å². The minimum atomic E-state index is 0.0347. The second kappa shape index (κ2) is 6.11. The van der Waals surface area contributed by atoms with Crippen molar-refractivity contribution in [1.82, 2.24) is 15.1 Å². The molecule has 5 heteroatoms. The molecule has 2 unspecified atom stereocenters. The van der Waals surface area contributed by atoms with Gasteiger partial charge in [-0.05, 0) is 11.8 Å². The minimum absolute atomic E-state index is 0.0347. The van der Waals surface area contributed by atoms with Gasteiger partial charge in [-0.25, -0.2) is 0 Å². The van der Waals surface area contributed by atoms with Crippen LogP contribution in [0.4, 0.5) is 0 Å². The number of hydrogen-bond donors (Lipinski definition) is 1. The van der Waals surface area contributed by atoms with E-state index in [0.717, 1.165) is 39.3 Å². The smallest absolute Gasteiger partial charge is 0.230 e. The fraction of sp³-hybridized carbons (Fsp3) is 0.611. The maximum Gasteiger partial charge on any atom is 0.230 e. The Bertz CT molecular complexity index is 563. The molecular formula is C18H25N3OS. The number of rotatable bonds is 4. The van der Waals surface area contributed by atoms with Crippen molar-refractivity contribution < 1.29 is 4.79 Å². The maximum atomic E-state index is 12.3. The molecule has 1 amide bonds. The second-order valence-electron chi connectivity index (χ2n) is 7.23. The van der Waals surface area contributed by atoms with Crippen molar-refractivity contribution in [3.05, 3.63) is 35.9 Å². The molecule has 23 heavy (non-hydrogen) atoms. The van der Waals surface area contributed by atoms with Crippen LogP contribution in [0.3, 0.4) is 0 Å². The van der Waals surface area contributed by atoms with Crippen molar-refractivity contribution in [2.45, 2.75) is 11.5 Å². The predicted molar refractivity (Wildman–Crippen MR) is 94.8 cm³/mol. The number of fused-ring (bicyclic) bond motifs is 1. The largest absolute Gasteiger partial charge is 0.351 e. The van der Waals surface area contributed by atoms with Crippen LogP contribution in [-0.4, -0.2) is 73.0 Å². The highest BCUT2D eigenvalue weighted by Gasteiger charge is 2.55. The molecule has 3 atom stereocenters. The quantitative estimate of drug-likeness (QED) is 0.894. The predicted octanol–water partition coefficient (Wildman–Crippen LogP) is 1.03. The second-order valence-corrected chi connectivity index (χ2v) is 8.10. The van der Waals surface area contributed by atoms with Crippen molar-refractivity contribution in [1.29, 1.82) is 0 Å². The Morgan fingerprint density at radius 2 is 1.87 bits per heavy atom. The molecule has 0 aromatic heterocycles. The first-order valence-corrected chi connectivity index (χ1v) is 9.89. The molecule has 0 spiro atoms. The number of piperidine rings is 2. The third-order valence-corrected chi connectivity index (χ3v) is 6.29. The summed E-state index contributed by atoms with van der Waals surface area (Å²) in [7, 11) is 0. The molecule has 4 saturated heterocycles. The van der Waals surface area contributed by atoms with E-state index in [1.807, 2.05) is 6.26 Å². The summed E-state index contributed by atoms with van der Waals surface area (Å²) in [5, 5.41) is 3.42. The summed E-state index contributed by atoms with van der Waals surface area (Å²) in [5.74, 6) is 1.28. The summed E-state index contributed by atoms with van der Waals surface area (Å²) in [4.78, 5) is 17.6. The molecule has 0 aliphatic carbocycles. The molecule has 0 saturated carbocycles. The highest BCUT2D eigenvalue weighted by Crippen LogP contribution is 2.43. The maximum absolute atomic E-state index is 12.3. The lowest BCUT2D eigenvalue weighted by atomic mass is 9.64. The van der Waals surface area contributed by atoms with E-state index in [9.17, 15) is 4.79 Å². The molecule has 4 aliphatic rings. The van der Waals surface area contributed by atoms with Gasteiger partial charge in [0.2, 0.25) is 5.91 Å². The fourth-order valence-electron chi connectivity index (χ4n) is 4.91. The number of amides is 1. The Morgan fingerprint density at radius 1 is 1.22 bits per heavy atom. The first kappa shape index (κ1) is 15.5.